The maximum atomic E-state index is 12.5. The molecule has 0 fully saturated rings. The largest absolute Gasteiger partial charge is 0.494 e. The topological polar surface area (TPSA) is 75.7 Å². The smallest absolute Gasteiger partial charge is 0.232 e. The molecule has 0 saturated heterocycles. The molecule has 1 amide bonds. The summed E-state index contributed by atoms with van der Waals surface area (Å²) >= 11 is 0. The third-order valence-electron chi connectivity index (χ3n) is 5.28. The van der Waals surface area contributed by atoms with Crippen LogP contribution in [0.4, 0.5) is 5.69 Å². The van der Waals surface area contributed by atoms with Crippen LogP contribution in [0.25, 0.3) is 0 Å². The Hall–Kier alpha value is -2.54. The van der Waals surface area contributed by atoms with E-state index in [0.717, 1.165) is 12.0 Å². The number of carbonyl (C=O) groups is 1. The van der Waals surface area contributed by atoms with Crippen molar-refractivity contribution in [3.05, 3.63) is 59.2 Å². The van der Waals surface area contributed by atoms with Gasteiger partial charge < -0.3 is 10.1 Å². The van der Waals surface area contributed by atoms with Gasteiger partial charge in [0.15, 0.2) is 0 Å². The molecule has 0 heterocycles. The SMILES string of the molecule is CCOc1ccc(N(CCCC(=O)N[C@H](CC)c2ccc(C)c(C)c2)S(C)(=O)=O)cc1. The third kappa shape index (κ3) is 7.28. The van der Waals surface area contributed by atoms with Gasteiger partial charge in [-0.3, -0.25) is 9.10 Å². The quantitative estimate of drug-likeness (QED) is 0.551. The van der Waals surface area contributed by atoms with E-state index in [-0.39, 0.29) is 24.9 Å². The second kappa shape index (κ2) is 11.2. The van der Waals surface area contributed by atoms with Gasteiger partial charge in [-0.1, -0.05) is 25.1 Å². The van der Waals surface area contributed by atoms with Gasteiger partial charge in [-0.25, -0.2) is 8.42 Å². The van der Waals surface area contributed by atoms with E-state index in [2.05, 4.69) is 31.3 Å². The van der Waals surface area contributed by atoms with Crippen molar-refractivity contribution in [2.45, 2.75) is 53.0 Å². The number of aryl methyl sites for hydroxylation is 2. The monoisotopic (exact) mass is 446 g/mol. The Morgan fingerprint density at radius 2 is 1.74 bits per heavy atom. The Morgan fingerprint density at radius 3 is 2.29 bits per heavy atom. The molecule has 0 aromatic heterocycles. The van der Waals surface area contributed by atoms with E-state index < -0.39 is 10.0 Å². The first-order valence-corrected chi connectivity index (χ1v) is 12.6. The van der Waals surface area contributed by atoms with Crippen LogP contribution in [-0.2, 0) is 14.8 Å². The summed E-state index contributed by atoms with van der Waals surface area (Å²) in [4.78, 5) is 12.5. The van der Waals surface area contributed by atoms with Crippen molar-refractivity contribution >= 4 is 21.6 Å². The zero-order valence-electron chi connectivity index (χ0n) is 19.1. The van der Waals surface area contributed by atoms with Crippen LogP contribution in [0, 0.1) is 13.8 Å². The summed E-state index contributed by atoms with van der Waals surface area (Å²) < 4.78 is 31.3. The van der Waals surface area contributed by atoms with Crippen molar-refractivity contribution in [3.63, 3.8) is 0 Å². The Kier molecular flexibility index (Phi) is 8.92. The number of benzene rings is 2. The molecule has 2 aromatic carbocycles. The Bertz CT molecular complexity index is 972. The molecule has 0 aliphatic heterocycles. The lowest BCUT2D eigenvalue weighted by Gasteiger charge is -2.23. The van der Waals surface area contributed by atoms with Crippen LogP contribution in [0.15, 0.2) is 42.5 Å². The lowest BCUT2D eigenvalue weighted by atomic mass is 9.99. The zero-order chi connectivity index (χ0) is 23.0. The fourth-order valence-corrected chi connectivity index (χ4v) is 4.38. The highest BCUT2D eigenvalue weighted by atomic mass is 32.2. The number of anilines is 1. The Balaban J connectivity index is 1.97. The van der Waals surface area contributed by atoms with E-state index in [9.17, 15) is 13.2 Å². The Morgan fingerprint density at radius 1 is 1.06 bits per heavy atom. The van der Waals surface area contributed by atoms with Crippen molar-refractivity contribution in [3.8, 4) is 5.75 Å². The van der Waals surface area contributed by atoms with Gasteiger partial charge in [-0.05, 0) is 74.6 Å². The normalized spacial score (nSPS) is 12.3. The summed E-state index contributed by atoms with van der Waals surface area (Å²) in [6, 6.07) is 13.1. The molecule has 0 saturated carbocycles. The molecule has 7 heteroatoms. The van der Waals surface area contributed by atoms with Gasteiger partial charge in [-0.15, -0.1) is 0 Å². The first-order chi connectivity index (χ1) is 14.7. The summed E-state index contributed by atoms with van der Waals surface area (Å²) in [6.07, 6.45) is 2.64. The molecule has 31 heavy (non-hydrogen) atoms. The number of hydrogen-bond acceptors (Lipinski definition) is 4. The lowest BCUT2D eigenvalue weighted by Crippen LogP contribution is -2.33. The summed E-state index contributed by atoms with van der Waals surface area (Å²) in [6.45, 7) is 8.85. The van der Waals surface area contributed by atoms with Gasteiger partial charge >= 0.3 is 0 Å². The van der Waals surface area contributed by atoms with Crippen molar-refractivity contribution in [1.29, 1.82) is 0 Å². The molecule has 1 N–H and O–H groups in total. The minimum atomic E-state index is -3.46. The molecular formula is C24H34N2O4S. The number of carbonyl (C=O) groups excluding carboxylic acids is 1. The van der Waals surface area contributed by atoms with Gasteiger partial charge in [0.2, 0.25) is 15.9 Å². The fourth-order valence-electron chi connectivity index (χ4n) is 3.41. The molecule has 0 aliphatic carbocycles. The molecule has 2 rings (SSSR count). The standard InChI is InChI=1S/C24H34N2O4S/c1-6-23(20-11-10-18(3)19(4)17-20)25-24(27)9-8-16-26(31(5,28)29)21-12-14-22(15-13-21)30-7-2/h10-15,17,23H,6-9,16H2,1-5H3,(H,25,27)/t23-/m1/s1. The van der Waals surface area contributed by atoms with Crippen molar-refractivity contribution < 1.29 is 17.9 Å². The highest BCUT2D eigenvalue weighted by Gasteiger charge is 2.19. The Labute approximate surface area is 186 Å². The fraction of sp³-hybridized carbons (Fsp3) is 0.458. The van der Waals surface area contributed by atoms with Crippen LogP contribution in [0.5, 0.6) is 5.75 Å². The average Bonchev–Trinajstić information content (AvgIpc) is 2.71. The number of amides is 1. The van der Waals surface area contributed by atoms with Crippen molar-refractivity contribution in [2.24, 2.45) is 0 Å². The van der Waals surface area contributed by atoms with E-state index in [4.69, 9.17) is 4.74 Å². The number of hydrogen-bond donors (Lipinski definition) is 1. The van der Waals surface area contributed by atoms with Crippen LogP contribution in [0.2, 0.25) is 0 Å². The molecule has 0 radical (unpaired) electrons. The molecular weight excluding hydrogens is 412 g/mol. The summed E-state index contributed by atoms with van der Waals surface area (Å²) in [7, 11) is -3.46. The van der Waals surface area contributed by atoms with E-state index in [1.54, 1.807) is 24.3 Å². The maximum absolute atomic E-state index is 12.5. The first kappa shape index (κ1) is 24.7. The highest BCUT2D eigenvalue weighted by Crippen LogP contribution is 2.23. The second-order valence-corrected chi connectivity index (χ2v) is 9.64. The number of sulfonamides is 1. The van der Waals surface area contributed by atoms with Crippen LogP contribution in [0.1, 0.15) is 55.8 Å². The summed E-state index contributed by atoms with van der Waals surface area (Å²) in [5.41, 5.74) is 4.07. The highest BCUT2D eigenvalue weighted by molar-refractivity contribution is 7.92. The maximum Gasteiger partial charge on any atom is 0.232 e. The minimum Gasteiger partial charge on any atom is -0.494 e. The van der Waals surface area contributed by atoms with Crippen LogP contribution in [0.3, 0.4) is 0 Å². The van der Waals surface area contributed by atoms with E-state index in [1.165, 1.54) is 21.7 Å². The van der Waals surface area contributed by atoms with Crippen LogP contribution in [-0.4, -0.2) is 33.7 Å². The predicted octanol–water partition coefficient (Wildman–Crippen LogP) is 4.52. The van der Waals surface area contributed by atoms with Crippen molar-refractivity contribution in [2.75, 3.05) is 23.7 Å². The lowest BCUT2D eigenvalue weighted by molar-refractivity contribution is -0.121. The summed E-state index contributed by atoms with van der Waals surface area (Å²) in [5.74, 6) is 0.612. The molecule has 2 aromatic rings. The minimum absolute atomic E-state index is 0.0519. The molecule has 1 atom stereocenters. The molecule has 6 nitrogen and oxygen atoms in total. The molecule has 0 unspecified atom stereocenters. The second-order valence-electron chi connectivity index (χ2n) is 7.74. The van der Waals surface area contributed by atoms with E-state index >= 15 is 0 Å². The predicted molar refractivity (Wildman–Crippen MR) is 126 cm³/mol. The molecule has 0 bridgehead atoms. The van der Waals surface area contributed by atoms with Gasteiger partial charge in [0, 0.05) is 13.0 Å². The van der Waals surface area contributed by atoms with Gasteiger partial charge in [0.25, 0.3) is 0 Å². The summed E-state index contributed by atoms with van der Waals surface area (Å²) in [5, 5.41) is 3.08. The number of nitrogens with zero attached hydrogens (tertiary/aromatic N) is 1. The van der Waals surface area contributed by atoms with Crippen LogP contribution < -0.4 is 14.4 Å². The van der Waals surface area contributed by atoms with Crippen molar-refractivity contribution in [1.82, 2.24) is 5.32 Å². The van der Waals surface area contributed by atoms with Crippen LogP contribution >= 0.6 is 0 Å². The van der Waals surface area contributed by atoms with Gasteiger partial charge in [0.1, 0.15) is 5.75 Å². The number of nitrogens with one attached hydrogen (secondary N) is 1. The average molecular weight is 447 g/mol. The molecule has 0 spiro atoms. The molecule has 170 valence electrons. The van der Waals surface area contributed by atoms with Gasteiger partial charge in [-0.2, -0.15) is 0 Å². The number of ether oxygens (including phenoxy) is 1. The van der Waals surface area contributed by atoms with Gasteiger partial charge in [0.05, 0.1) is 24.6 Å². The number of rotatable bonds is 11. The van der Waals surface area contributed by atoms with E-state index in [0.29, 0.717) is 24.5 Å². The first-order valence-electron chi connectivity index (χ1n) is 10.7. The zero-order valence-corrected chi connectivity index (χ0v) is 20.0. The van der Waals surface area contributed by atoms with E-state index in [1.807, 2.05) is 19.9 Å². The molecule has 0 aliphatic rings. The third-order valence-corrected chi connectivity index (χ3v) is 6.47.